The minimum Gasteiger partial charge on any atom is -0.372 e. The van der Waals surface area contributed by atoms with Gasteiger partial charge in [-0.1, -0.05) is 50.3 Å². The summed E-state index contributed by atoms with van der Waals surface area (Å²) >= 11 is 0. The molecule has 4 nitrogen and oxygen atoms in total. The number of rotatable bonds is 11. The number of nitrogens with one attached hydrogen (secondary N) is 1. The highest BCUT2D eigenvalue weighted by Gasteiger charge is 2.19. The minimum atomic E-state index is 0.379. The number of nitrogens with zero attached hydrogens (tertiary/aromatic N) is 3. The fraction of sp³-hybridized carbons (Fsp3) is 0.481. The van der Waals surface area contributed by atoms with Crippen molar-refractivity contribution >= 4 is 17.5 Å². The van der Waals surface area contributed by atoms with Crippen molar-refractivity contribution < 1.29 is 0 Å². The molecule has 0 aromatic heterocycles. The normalized spacial score (nSPS) is 16.5. The largest absolute Gasteiger partial charge is 0.372 e. The van der Waals surface area contributed by atoms with Crippen LogP contribution in [0.25, 0.3) is 6.08 Å². The van der Waals surface area contributed by atoms with Crippen LogP contribution in [0.15, 0.2) is 54.6 Å². The first-order chi connectivity index (χ1) is 15.2. The van der Waals surface area contributed by atoms with Crippen LogP contribution in [0.2, 0.25) is 0 Å². The number of hydrogen-bond acceptors (Lipinski definition) is 4. The summed E-state index contributed by atoms with van der Waals surface area (Å²) in [4.78, 5) is 4.85. The zero-order valence-electron chi connectivity index (χ0n) is 19.8. The van der Waals surface area contributed by atoms with Gasteiger partial charge in [0.15, 0.2) is 0 Å². The third-order valence-corrected chi connectivity index (χ3v) is 6.39. The van der Waals surface area contributed by atoms with Crippen molar-refractivity contribution in [1.29, 1.82) is 0 Å². The second kappa shape index (κ2) is 11.9. The maximum atomic E-state index is 3.64. The fourth-order valence-electron chi connectivity index (χ4n) is 4.22. The number of anilines is 2. The molecular formula is C27H40N4. The zero-order valence-corrected chi connectivity index (χ0v) is 19.8. The van der Waals surface area contributed by atoms with Gasteiger partial charge >= 0.3 is 0 Å². The molecule has 1 N–H and O–H groups in total. The zero-order chi connectivity index (χ0) is 22.1. The van der Waals surface area contributed by atoms with E-state index in [0.29, 0.717) is 6.04 Å². The van der Waals surface area contributed by atoms with Gasteiger partial charge in [0.05, 0.1) is 5.69 Å². The number of likely N-dealkylation sites (N-methyl/N-ethyl adjacent to an activating group) is 1. The lowest BCUT2D eigenvalue weighted by Crippen LogP contribution is -2.34. The molecule has 0 saturated carbocycles. The van der Waals surface area contributed by atoms with E-state index in [9.17, 15) is 0 Å². The molecule has 2 aromatic rings. The Kier molecular flexibility index (Phi) is 8.98. The Morgan fingerprint density at radius 1 is 0.903 bits per heavy atom. The lowest BCUT2D eigenvalue weighted by atomic mass is 10.1. The number of hydrogen-bond donors (Lipinski definition) is 1. The van der Waals surface area contributed by atoms with Gasteiger partial charge in [0.25, 0.3) is 0 Å². The Hall–Kier alpha value is -2.30. The van der Waals surface area contributed by atoms with Crippen LogP contribution in [0.3, 0.4) is 0 Å². The predicted octanol–water partition coefficient (Wildman–Crippen LogP) is 5.21. The summed E-state index contributed by atoms with van der Waals surface area (Å²) in [5.74, 6) is 0. The van der Waals surface area contributed by atoms with Crippen LogP contribution in [-0.4, -0.2) is 50.2 Å². The summed E-state index contributed by atoms with van der Waals surface area (Å²) in [6, 6.07) is 18.3. The van der Waals surface area contributed by atoms with Crippen LogP contribution < -0.4 is 15.3 Å². The maximum Gasteiger partial charge on any atom is 0.0520 e. The van der Waals surface area contributed by atoms with Crippen LogP contribution in [0.5, 0.6) is 0 Å². The lowest BCUT2D eigenvalue weighted by molar-refractivity contribution is 0.308. The van der Waals surface area contributed by atoms with Gasteiger partial charge in [0.1, 0.15) is 0 Å². The smallest absolute Gasteiger partial charge is 0.0520 e. The van der Waals surface area contributed by atoms with Gasteiger partial charge < -0.3 is 14.8 Å². The lowest BCUT2D eigenvalue weighted by Gasteiger charge is -2.21. The summed E-state index contributed by atoms with van der Waals surface area (Å²) in [6.45, 7) is 15.4. The SMILES string of the molecule is CCN(CC)CCc1ccc(N2CCC(C=Cc3ccc(N(CC)CC)cc3)N2)cc1. The Morgan fingerprint density at radius 3 is 2.19 bits per heavy atom. The molecule has 168 valence electrons. The van der Waals surface area contributed by atoms with Crippen LogP contribution >= 0.6 is 0 Å². The van der Waals surface area contributed by atoms with Crippen molar-refractivity contribution in [2.24, 2.45) is 0 Å². The van der Waals surface area contributed by atoms with Gasteiger partial charge in [-0.15, -0.1) is 0 Å². The van der Waals surface area contributed by atoms with E-state index in [-0.39, 0.29) is 0 Å². The first-order valence-corrected chi connectivity index (χ1v) is 12.0. The predicted molar refractivity (Wildman–Crippen MR) is 136 cm³/mol. The highest BCUT2D eigenvalue weighted by molar-refractivity contribution is 5.57. The van der Waals surface area contributed by atoms with Crippen molar-refractivity contribution in [2.75, 3.05) is 49.2 Å². The Labute approximate surface area is 189 Å². The third-order valence-electron chi connectivity index (χ3n) is 6.39. The van der Waals surface area contributed by atoms with Gasteiger partial charge in [-0.25, -0.2) is 5.43 Å². The number of hydrazine groups is 1. The second-order valence-corrected chi connectivity index (χ2v) is 8.24. The Morgan fingerprint density at radius 2 is 1.58 bits per heavy atom. The van der Waals surface area contributed by atoms with Crippen molar-refractivity contribution in [3.05, 3.63) is 65.7 Å². The molecule has 2 aromatic carbocycles. The molecule has 0 radical (unpaired) electrons. The molecule has 1 aliphatic heterocycles. The molecule has 4 heteroatoms. The van der Waals surface area contributed by atoms with Crippen LogP contribution in [-0.2, 0) is 6.42 Å². The van der Waals surface area contributed by atoms with E-state index in [1.807, 2.05) is 0 Å². The molecule has 0 aliphatic carbocycles. The molecule has 0 bridgehead atoms. The summed E-state index contributed by atoms with van der Waals surface area (Å²) in [7, 11) is 0. The first-order valence-electron chi connectivity index (χ1n) is 12.0. The Bertz CT molecular complexity index is 789. The van der Waals surface area contributed by atoms with Crippen LogP contribution in [0, 0.1) is 0 Å². The minimum absolute atomic E-state index is 0.379. The van der Waals surface area contributed by atoms with Crippen molar-refractivity contribution in [3.63, 3.8) is 0 Å². The van der Waals surface area contributed by atoms with E-state index < -0.39 is 0 Å². The molecule has 31 heavy (non-hydrogen) atoms. The molecule has 0 amide bonds. The summed E-state index contributed by atoms with van der Waals surface area (Å²) in [6.07, 6.45) is 6.78. The third kappa shape index (κ3) is 6.59. The molecule has 1 heterocycles. The fourth-order valence-corrected chi connectivity index (χ4v) is 4.22. The van der Waals surface area contributed by atoms with Gasteiger partial charge in [-0.2, -0.15) is 0 Å². The van der Waals surface area contributed by atoms with Crippen molar-refractivity contribution in [3.8, 4) is 0 Å². The molecule has 1 atom stereocenters. The molecule has 1 aliphatic rings. The van der Waals surface area contributed by atoms with Crippen LogP contribution in [0.1, 0.15) is 45.2 Å². The van der Waals surface area contributed by atoms with Crippen LogP contribution in [0.4, 0.5) is 11.4 Å². The standard InChI is InChI=1S/C27H40N4/c1-5-29(6-2)21-19-24-12-17-27(18-13-24)31-22-20-25(28-31)14-9-23-10-15-26(16-11-23)30(7-3)8-4/h9-18,25,28H,5-8,19-22H2,1-4H3. The van der Waals surface area contributed by atoms with E-state index in [1.165, 1.54) is 22.5 Å². The van der Waals surface area contributed by atoms with E-state index in [2.05, 4.69) is 109 Å². The van der Waals surface area contributed by atoms with Crippen molar-refractivity contribution in [1.82, 2.24) is 10.3 Å². The van der Waals surface area contributed by atoms with E-state index in [0.717, 1.165) is 52.1 Å². The molecule has 3 rings (SSSR count). The quantitative estimate of drug-likeness (QED) is 0.538. The summed E-state index contributed by atoms with van der Waals surface area (Å²) in [5, 5.41) is 2.28. The molecule has 1 unspecified atom stereocenters. The van der Waals surface area contributed by atoms with Gasteiger partial charge in [-0.3, -0.25) is 0 Å². The van der Waals surface area contributed by atoms with E-state index >= 15 is 0 Å². The molecule has 0 spiro atoms. The van der Waals surface area contributed by atoms with Crippen molar-refractivity contribution in [2.45, 2.75) is 46.6 Å². The van der Waals surface area contributed by atoms with E-state index in [4.69, 9.17) is 0 Å². The molecule has 1 saturated heterocycles. The number of benzene rings is 2. The Balaban J connectivity index is 1.51. The maximum absolute atomic E-state index is 3.64. The average Bonchev–Trinajstić information content (AvgIpc) is 3.29. The summed E-state index contributed by atoms with van der Waals surface area (Å²) in [5.41, 5.74) is 8.87. The first kappa shape index (κ1) is 23.4. The topological polar surface area (TPSA) is 21.8 Å². The molecular weight excluding hydrogens is 380 g/mol. The molecule has 1 fully saturated rings. The highest BCUT2D eigenvalue weighted by Crippen LogP contribution is 2.20. The van der Waals surface area contributed by atoms with Gasteiger partial charge in [0, 0.05) is 37.9 Å². The van der Waals surface area contributed by atoms with Gasteiger partial charge in [-0.05, 0) is 75.2 Å². The average molecular weight is 421 g/mol. The highest BCUT2D eigenvalue weighted by atomic mass is 15.5. The van der Waals surface area contributed by atoms with Gasteiger partial charge in [0.2, 0.25) is 0 Å². The summed E-state index contributed by atoms with van der Waals surface area (Å²) < 4.78 is 0. The second-order valence-electron chi connectivity index (χ2n) is 8.24. The monoisotopic (exact) mass is 420 g/mol. The van der Waals surface area contributed by atoms with E-state index in [1.54, 1.807) is 0 Å².